The molecule has 0 radical (unpaired) electrons. The average Bonchev–Trinajstić information content (AvgIpc) is 2.76. The number of rotatable bonds is 10. The minimum atomic E-state index is -4.29. The molecule has 0 saturated carbocycles. The zero-order valence-corrected chi connectivity index (χ0v) is 19.8. The number of carbonyl (C=O) groups excluding carboxylic acids is 2. The van der Waals surface area contributed by atoms with Crippen molar-refractivity contribution in [1.82, 2.24) is 4.31 Å². The lowest BCUT2D eigenvalue weighted by Gasteiger charge is -2.28. The van der Waals surface area contributed by atoms with Gasteiger partial charge < -0.3 is 15.2 Å². The van der Waals surface area contributed by atoms with E-state index in [9.17, 15) is 27.9 Å². The van der Waals surface area contributed by atoms with Crippen molar-refractivity contribution in [3.8, 4) is 0 Å². The lowest BCUT2D eigenvalue weighted by atomic mass is 10.0. The van der Waals surface area contributed by atoms with Gasteiger partial charge >= 0.3 is 11.9 Å². The van der Waals surface area contributed by atoms with Crippen molar-refractivity contribution in [1.29, 1.82) is 0 Å². The second kappa shape index (κ2) is 11.1. The van der Waals surface area contributed by atoms with Crippen LogP contribution in [0.15, 0.2) is 53.4 Å². The summed E-state index contributed by atoms with van der Waals surface area (Å²) in [6, 6.07) is 10.4. The third-order valence-corrected chi connectivity index (χ3v) is 6.71. The molecule has 0 aliphatic rings. The molecule has 178 valence electrons. The molecule has 2 aromatic rings. The molecule has 0 saturated heterocycles. The van der Waals surface area contributed by atoms with Crippen molar-refractivity contribution < 1.29 is 32.6 Å². The summed E-state index contributed by atoms with van der Waals surface area (Å²) in [4.78, 5) is 36.2. The molecule has 9 nitrogen and oxygen atoms in total. The van der Waals surface area contributed by atoms with Crippen LogP contribution < -0.4 is 5.32 Å². The molecule has 2 rings (SSSR count). The second-order valence-corrected chi connectivity index (χ2v) is 9.85. The molecule has 0 bridgehead atoms. The number of hydrogen-bond donors (Lipinski definition) is 2. The van der Waals surface area contributed by atoms with E-state index in [1.165, 1.54) is 43.5 Å². The minimum Gasteiger partial charge on any atom is -0.480 e. The first-order valence-electron chi connectivity index (χ1n) is 10.2. The van der Waals surface area contributed by atoms with Crippen molar-refractivity contribution in [3.05, 3.63) is 59.7 Å². The topological polar surface area (TPSA) is 130 Å². The van der Waals surface area contributed by atoms with Gasteiger partial charge in [0, 0.05) is 5.69 Å². The van der Waals surface area contributed by atoms with E-state index in [4.69, 9.17) is 0 Å². The van der Waals surface area contributed by atoms with Crippen molar-refractivity contribution in [3.63, 3.8) is 0 Å². The molecule has 0 aliphatic carbocycles. The zero-order valence-electron chi connectivity index (χ0n) is 18.9. The lowest BCUT2D eigenvalue weighted by Crippen LogP contribution is -2.49. The number of benzene rings is 2. The number of amides is 1. The Balaban J connectivity index is 2.34. The van der Waals surface area contributed by atoms with Crippen LogP contribution in [0.4, 0.5) is 5.69 Å². The molecule has 10 heteroatoms. The number of hydrogen-bond acceptors (Lipinski definition) is 6. The summed E-state index contributed by atoms with van der Waals surface area (Å²) in [6.45, 7) is 4.65. The van der Waals surface area contributed by atoms with Crippen molar-refractivity contribution in [2.24, 2.45) is 5.92 Å². The summed E-state index contributed by atoms with van der Waals surface area (Å²) in [5.74, 6) is -2.72. The first-order valence-corrected chi connectivity index (χ1v) is 11.7. The summed E-state index contributed by atoms with van der Waals surface area (Å²) in [5.41, 5.74) is 1.43. The van der Waals surface area contributed by atoms with Crippen molar-refractivity contribution in [2.45, 2.75) is 38.1 Å². The molecule has 0 aliphatic heterocycles. The van der Waals surface area contributed by atoms with Crippen LogP contribution in [-0.2, 0) is 24.3 Å². The van der Waals surface area contributed by atoms with Gasteiger partial charge in [-0.15, -0.1) is 0 Å². The van der Waals surface area contributed by atoms with Gasteiger partial charge in [0.25, 0.3) is 0 Å². The first-order chi connectivity index (χ1) is 15.4. The van der Waals surface area contributed by atoms with Gasteiger partial charge in [-0.25, -0.2) is 13.2 Å². The summed E-state index contributed by atoms with van der Waals surface area (Å²) in [5, 5.41) is 12.3. The maximum absolute atomic E-state index is 13.3. The number of ether oxygens (including phenoxy) is 1. The number of anilines is 1. The fourth-order valence-corrected chi connectivity index (χ4v) is 4.70. The Hall–Kier alpha value is -3.24. The molecule has 0 aromatic heterocycles. The van der Waals surface area contributed by atoms with Crippen LogP contribution >= 0.6 is 0 Å². The van der Waals surface area contributed by atoms with Crippen LogP contribution in [0.2, 0.25) is 0 Å². The van der Waals surface area contributed by atoms with E-state index < -0.39 is 40.5 Å². The zero-order chi connectivity index (χ0) is 24.8. The van der Waals surface area contributed by atoms with E-state index in [2.05, 4.69) is 10.1 Å². The Bertz CT molecular complexity index is 1090. The molecule has 2 N–H and O–H groups in total. The highest BCUT2D eigenvalue weighted by molar-refractivity contribution is 7.89. The van der Waals surface area contributed by atoms with E-state index in [0.29, 0.717) is 5.69 Å². The summed E-state index contributed by atoms with van der Waals surface area (Å²) in [7, 11) is -3.04. The third kappa shape index (κ3) is 6.87. The van der Waals surface area contributed by atoms with Gasteiger partial charge in [-0.1, -0.05) is 31.5 Å². The van der Waals surface area contributed by atoms with Gasteiger partial charge in [0.05, 0.1) is 24.1 Å². The number of nitrogens with zero attached hydrogens (tertiary/aromatic N) is 1. The van der Waals surface area contributed by atoms with Gasteiger partial charge in [-0.2, -0.15) is 4.31 Å². The number of methoxy groups -OCH3 is 1. The maximum atomic E-state index is 13.3. The van der Waals surface area contributed by atoms with E-state index in [1.807, 2.05) is 0 Å². The van der Waals surface area contributed by atoms with Crippen LogP contribution in [0.25, 0.3) is 0 Å². The highest BCUT2D eigenvalue weighted by Gasteiger charge is 2.37. The van der Waals surface area contributed by atoms with Crippen molar-refractivity contribution >= 4 is 33.6 Å². The summed E-state index contributed by atoms with van der Waals surface area (Å²) < 4.78 is 32.0. The fraction of sp³-hybridized carbons (Fsp3) is 0.348. The van der Waals surface area contributed by atoms with Gasteiger partial charge in [0.2, 0.25) is 15.9 Å². The molecule has 0 heterocycles. The monoisotopic (exact) mass is 476 g/mol. The number of aryl methyl sites for hydroxylation is 1. The number of carboxylic acid groups (broad SMARTS) is 1. The Labute approximate surface area is 193 Å². The second-order valence-electron chi connectivity index (χ2n) is 7.96. The molecule has 1 unspecified atom stereocenters. The summed E-state index contributed by atoms with van der Waals surface area (Å²) in [6.07, 6.45) is 0.0293. The number of carbonyl (C=O) groups is 3. The highest BCUT2D eigenvalue weighted by Crippen LogP contribution is 2.23. The van der Waals surface area contributed by atoms with E-state index in [1.54, 1.807) is 32.9 Å². The molecule has 0 spiro atoms. The standard InChI is InChI=1S/C23H28N2O7S/c1-15(2)13-20(22(27)28)25(33(30,31)19-11-5-16(3)6-12-19)14-21(26)24-18-9-7-17(8-10-18)23(29)32-4/h5-12,15,20H,13-14H2,1-4H3,(H,24,26)(H,27,28). The Morgan fingerprint density at radius 3 is 2.09 bits per heavy atom. The SMILES string of the molecule is COC(=O)c1ccc(NC(=O)CN(C(CC(C)C)C(=O)O)S(=O)(=O)c2ccc(C)cc2)cc1. The predicted molar refractivity (Wildman–Crippen MR) is 122 cm³/mol. The fourth-order valence-electron chi connectivity index (χ4n) is 3.15. The van der Waals surface area contributed by atoms with Gasteiger partial charge in [-0.05, 0) is 55.7 Å². The van der Waals surface area contributed by atoms with Crippen LogP contribution in [0.3, 0.4) is 0 Å². The number of nitrogens with one attached hydrogen (secondary N) is 1. The number of aliphatic carboxylic acids is 1. The van der Waals surface area contributed by atoms with Crippen LogP contribution in [0.5, 0.6) is 0 Å². The maximum Gasteiger partial charge on any atom is 0.337 e. The smallest absolute Gasteiger partial charge is 0.337 e. The molecule has 2 aromatic carbocycles. The van der Waals surface area contributed by atoms with Crippen molar-refractivity contribution in [2.75, 3.05) is 19.0 Å². The minimum absolute atomic E-state index is 0.0293. The highest BCUT2D eigenvalue weighted by atomic mass is 32.2. The largest absolute Gasteiger partial charge is 0.480 e. The molecular formula is C23H28N2O7S. The average molecular weight is 477 g/mol. The molecule has 0 fully saturated rings. The van der Waals surface area contributed by atoms with Crippen LogP contribution in [0, 0.1) is 12.8 Å². The molecule has 1 amide bonds. The lowest BCUT2D eigenvalue weighted by molar-refractivity contribution is -0.142. The van der Waals surface area contributed by atoms with Gasteiger partial charge in [0.15, 0.2) is 0 Å². The predicted octanol–water partition coefficient (Wildman–Crippen LogP) is 2.91. The number of sulfonamides is 1. The number of carboxylic acids is 1. The molecular weight excluding hydrogens is 448 g/mol. The number of esters is 1. The molecule has 1 atom stereocenters. The van der Waals surface area contributed by atoms with Crippen LogP contribution in [-0.4, -0.2) is 55.4 Å². The Kier molecular flexibility index (Phi) is 8.72. The quantitative estimate of drug-likeness (QED) is 0.504. The molecule has 33 heavy (non-hydrogen) atoms. The van der Waals surface area contributed by atoms with E-state index >= 15 is 0 Å². The third-order valence-electron chi connectivity index (χ3n) is 4.84. The first kappa shape index (κ1) is 26.0. The summed E-state index contributed by atoms with van der Waals surface area (Å²) >= 11 is 0. The van der Waals surface area contributed by atoms with E-state index in [0.717, 1.165) is 9.87 Å². The Morgan fingerprint density at radius 2 is 1.61 bits per heavy atom. The normalized spacial score (nSPS) is 12.4. The Morgan fingerprint density at radius 1 is 1.03 bits per heavy atom. The van der Waals surface area contributed by atoms with E-state index in [-0.39, 0.29) is 22.8 Å². The van der Waals surface area contributed by atoms with Gasteiger partial charge in [-0.3, -0.25) is 9.59 Å². The van der Waals surface area contributed by atoms with Gasteiger partial charge in [0.1, 0.15) is 6.04 Å². The van der Waals surface area contributed by atoms with Crippen LogP contribution in [0.1, 0.15) is 36.2 Å².